The van der Waals surface area contributed by atoms with Crippen LogP contribution in [-0.4, -0.2) is 42.9 Å². The maximum atomic E-state index is 11.1. The average molecular weight is 255 g/mol. The summed E-state index contributed by atoms with van der Waals surface area (Å²) in [5, 5.41) is 3.37. The van der Waals surface area contributed by atoms with Gasteiger partial charge in [0.2, 0.25) is 0 Å². The second-order valence-corrected chi connectivity index (χ2v) is 4.06. The molecular formula is C10H20Cl2N2O. The number of nitrogens with zero attached hydrogens (tertiary/aromatic N) is 1. The molecule has 0 unspecified atom stereocenters. The van der Waals surface area contributed by atoms with Crippen molar-refractivity contribution in [1.82, 2.24) is 10.2 Å². The Morgan fingerprint density at radius 2 is 1.60 bits per heavy atom. The highest BCUT2D eigenvalue weighted by Crippen LogP contribution is 2.16. The fourth-order valence-corrected chi connectivity index (χ4v) is 2.31. The van der Waals surface area contributed by atoms with Crippen molar-refractivity contribution in [2.45, 2.75) is 31.7 Å². The number of ketones is 1. The van der Waals surface area contributed by atoms with Crippen molar-refractivity contribution in [3.05, 3.63) is 0 Å². The molecule has 2 aliphatic rings. The highest BCUT2D eigenvalue weighted by Gasteiger charge is 2.24. The van der Waals surface area contributed by atoms with Crippen LogP contribution in [0.2, 0.25) is 0 Å². The van der Waals surface area contributed by atoms with Crippen molar-refractivity contribution in [2.75, 3.05) is 26.2 Å². The Hall–Kier alpha value is 0.170. The summed E-state index contributed by atoms with van der Waals surface area (Å²) in [5.74, 6) is 0.449. The molecular weight excluding hydrogens is 235 g/mol. The first-order chi connectivity index (χ1) is 6.36. The summed E-state index contributed by atoms with van der Waals surface area (Å²) in [5.41, 5.74) is 0. The maximum absolute atomic E-state index is 11.1. The second kappa shape index (κ2) is 7.44. The molecule has 0 bridgehead atoms. The van der Waals surface area contributed by atoms with Gasteiger partial charge in [-0.1, -0.05) is 0 Å². The Labute approximate surface area is 104 Å². The van der Waals surface area contributed by atoms with Gasteiger partial charge in [-0.2, -0.15) is 0 Å². The molecule has 2 fully saturated rings. The van der Waals surface area contributed by atoms with E-state index in [-0.39, 0.29) is 24.8 Å². The smallest absolute Gasteiger partial charge is 0.135 e. The van der Waals surface area contributed by atoms with Crippen LogP contribution in [-0.2, 0) is 4.79 Å². The summed E-state index contributed by atoms with van der Waals surface area (Å²) in [6, 6.07) is 0.745. The third kappa shape index (κ3) is 4.27. The summed E-state index contributed by atoms with van der Waals surface area (Å²) >= 11 is 0. The molecule has 0 aromatic carbocycles. The Morgan fingerprint density at radius 1 is 1.07 bits per heavy atom. The Morgan fingerprint density at radius 3 is 2.13 bits per heavy atom. The van der Waals surface area contributed by atoms with E-state index in [0.717, 1.165) is 45.1 Å². The van der Waals surface area contributed by atoms with E-state index >= 15 is 0 Å². The van der Waals surface area contributed by atoms with Crippen LogP contribution in [0, 0.1) is 0 Å². The SMILES string of the molecule is Cl.Cl.O=C1CCN(C2CCNCC2)CC1. The van der Waals surface area contributed by atoms with Crippen molar-refractivity contribution in [1.29, 1.82) is 0 Å². The lowest BCUT2D eigenvalue weighted by Crippen LogP contribution is -2.46. The van der Waals surface area contributed by atoms with E-state index in [1.807, 2.05) is 0 Å². The van der Waals surface area contributed by atoms with Gasteiger partial charge in [-0.05, 0) is 25.9 Å². The highest BCUT2D eigenvalue weighted by atomic mass is 35.5. The van der Waals surface area contributed by atoms with Crippen LogP contribution in [0.1, 0.15) is 25.7 Å². The molecule has 90 valence electrons. The predicted molar refractivity (Wildman–Crippen MR) is 66.2 cm³/mol. The monoisotopic (exact) mass is 254 g/mol. The first kappa shape index (κ1) is 15.2. The van der Waals surface area contributed by atoms with E-state index in [1.165, 1.54) is 12.8 Å². The lowest BCUT2D eigenvalue weighted by Gasteiger charge is -2.36. The third-order valence-electron chi connectivity index (χ3n) is 3.18. The molecule has 1 N–H and O–H groups in total. The zero-order chi connectivity index (χ0) is 9.10. The number of rotatable bonds is 1. The Kier molecular flexibility index (Phi) is 7.53. The summed E-state index contributed by atoms with van der Waals surface area (Å²) in [7, 11) is 0. The molecule has 2 saturated heterocycles. The topological polar surface area (TPSA) is 32.3 Å². The quantitative estimate of drug-likeness (QED) is 0.765. The van der Waals surface area contributed by atoms with E-state index in [9.17, 15) is 4.79 Å². The summed E-state index contributed by atoms with van der Waals surface area (Å²) in [6.45, 7) is 4.30. The number of carbonyl (C=O) groups is 1. The number of hydrogen-bond donors (Lipinski definition) is 1. The fraction of sp³-hybridized carbons (Fsp3) is 0.900. The van der Waals surface area contributed by atoms with Gasteiger partial charge in [-0.3, -0.25) is 9.69 Å². The van der Waals surface area contributed by atoms with Gasteiger partial charge in [0.15, 0.2) is 0 Å². The van der Waals surface area contributed by atoms with E-state index in [1.54, 1.807) is 0 Å². The number of Topliss-reactive ketones (excluding diaryl/α,β-unsaturated/α-hetero) is 1. The Bertz CT molecular complexity index is 186. The molecule has 0 atom stereocenters. The predicted octanol–water partition coefficient (Wildman–Crippen LogP) is 1.25. The fourth-order valence-electron chi connectivity index (χ4n) is 2.31. The van der Waals surface area contributed by atoms with Gasteiger partial charge in [0.1, 0.15) is 5.78 Å². The molecule has 0 saturated carbocycles. The first-order valence-corrected chi connectivity index (χ1v) is 5.33. The van der Waals surface area contributed by atoms with E-state index < -0.39 is 0 Å². The molecule has 3 nitrogen and oxygen atoms in total. The normalized spacial score (nSPS) is 24.1. The minimum absolute atomic E-state index is 0. The molecule has 0 aromatic heterocycles. The molecule has 15 heavy (non-hydrogen) atoms. The largest absolute Gasteiger partial charge is 0.317 e. The molecule has 0 aliphatic carbocycles. The van der Waals surface area contributed by atoms with Crippen LogP contribution in [0.5, 0.6) is 0 Å². The zero-order valence-electron chi connectivity index (χ0n) is 8.91. The van der Waals surface area contributed by atoms with Gasteiger partial charge in [0, 0.05) is 32.0 Å². The van der Waals surface area contributed by atoms with Crippen LogP contribution < -0.4 is 5.32 Å². The standard InChI is InChI=1S/C10H18N2O.2ClH/c13-10-3-7-12(8-4-10)9-1-5-11-6-2-9;;/h9,11H,1-8H2;2*1H. The highest BCUT2D eigenvalue weighted by molar-refractivity contribution is 5.85. The van der Waals surface area contributed by atoms with Gasteiger partial charge in [0.25, 0.3) is 0 Å². The van der Waals surface area contributed by atoms with Crippen LogP contribution in [0.3, 0.4) is 0 Å². The van der Waals surface area contributed by atoms with Crippen LogP contribution in [0.4, 0.5) is 0 Å². The van der Waals surface area contributed by atoms with E-state index in [4.69, 9.17) is 0 Å². The van der Waals surface area contributed by atoms with Crippen molar-refractivity contribution < 1.29 is 4.79 Å². The van der Waals surface area contributed by atoms with Crippen molar-refractivity contribution in [2.24, 2.45) is 0 Å². The van der Waals surface area contributed by atoms with Gasteiger partial charge < -0.3 is 5.32 Å². The number of piperidine rings is 2. The van der Waals surface area contributed by atoms with Gasteiger partial charge in [-0.15, -0.1) is 24.8 Å². The molecule has 0 radical (unpaired) electrons. The van der Waals surface area contributed by atoms with Crippen LogP contribution in [0.25, 0.3) is 0 Å². The minimum Gasteiger partial charge on any atom is -0.317 e. The third-order valence-corrected chi connectivity index (χ3v) is 3.18. The number of nitrogens with one attached hydrogen (secondary N) is 1. The molecule has 0 aromatic rings. The Balaban J connectivity index is 0.000000980. The van der Waals surface area contributed by atoms with Gasteiger partial charge in [-0.25, -0.2) is 0 Å². The average Bonchev–Trinajstić information content (AvgIpc) is 2.20. The van der Waals surface area contributed by atoms with Crippen molar-refractivity contribution >= 4 is 30.6 Å². The van der Waals surface area contributed by atoms with E-state index in [0.29, 0.717) is 5.78 Å². The lowest BCUT2D eigenvalue weighted by molar-refractivity contribution is -0.122. The molecule has 2 aliphatic heterocycles. The number of likely N-dealkylation sites (tertiary alicyclic amines) is 1. The molecule has 2 heterocycles. The zero-order valence-corrected chi connectivity index (χ0v) is 10.5. The van der Waals surface area contributed by atoms with Crippen molar-refractivity contribution in [3.63, 3.8) is 0 Å². The summed E-state index contributed by atoms with van der Waals surface area (Å²) in [6.07, 6.45) is 4.08. The van der Waals surface area contributed by atoms with E-state index in [2.05, 4.69) is 10.2 Å². The summed E-state index contributed by atoms with van der Waals surface area (Å²) < 4.78 is 0. The molecule has 2 rings (SSSR count). The van der Waals surface area contributed by atoms with Gasteiger partial charge in [0.05, 0.1) is 0 Å². The molecule has 5 heteroatoms. The number of hydrogen-bond acceptors (Lipinski definition) is 3. The summed E-state index contributed by atoms with van der Waals surface area (Å²) in [4.78, 5) is 13.6. The molecule has 0 spiro atoms. The number of halogens is 2. The van der Waals surface area contributed by atoms with Gasteiger partial charge >= 0.3 is 0 Å². The molecule has 0 amide bonds. The van der Waals surface area contributed by atoms with Crippen LogP contribution in [0.15, 0.2) is 0 Å². The lowest BCUT2D eigenvalue weighted by atomic mass is 10.0. The first-order valence-electron chi connectivity index (χ1n) is 5.33. The maximum Gasteiger partial charge on any atom is 0.135 e. The second-order valence-electron chi connectivity index (χ2n) is 4.06. The van der Waals surface area contributed by atoms with Crippen LogP contribution >= 0.6 is 24.8 Å². The number of carbonyl (C=O) groups excluding carboxylic acids is 1. The minimum atomic E-state index is 0. The van der Waals surface area contributed by atoms with Crippen molar-refractivity contribution in [3.8, 4) is 0 Å².